The number of unbranched alkanes of at least 4 members (excludes halogenated alkanes) is 2. The molecular formula is C23H46. The summed E-state index contributed by atoms with van der Waals surface area (Å²) >= 11 is 0. The zero-order valence-corrected chi connectivity index (χ0v) is 17.5. The zero-order valence-electron chi connectivity index (χ0n) is 17.5. The largest absolute Gasteiger partial charge is 0.0741 e. The summed E-state index contributed by atoms with van der Waals surface area (Å²) in [5.41, 5.74) is 3.35. The summed E-state index contributed by atoms with van der Waals surface area (Å²) in [6.07, 6.45) is 15.2. The van der Waals surface area contributed by atoms with Gasteiger partial charge in [0.15, 0.2) is 0 Å². The molecule has 0 fully saturated rings. The third-order valence-corrected chi connectivity index (χ3v) is 5.90. The van der Waals surface area contributed by atoms with E-state index < -0.39 is 0 Å². The molecule has 0 aromatic carbocycles. The standard InChI is InChI=1S/C23H46/c1-8-14-19(4)16-12-11-13-17-20(5)22(7)21(6)18-23(10-3)15-9-2/h19,21,23H,8-18H2,1-7H3. The van der Waals surface area contributed by atoms with Gasteiger partial charge in [0.25, 0.3) is 0 Å². The van der Waals surface area contributed by atoms with Crippen LogP contribution in [0.1, 0.15) is 119 Å². The second-order valence-corrected chi connectivity index (χ2v) is 8.16. The minimum absolute atomic E-state index is 0.774. The first-order chi connectivity index (χ1) is 11.0. The summed E-state index contributed by atoms with van der Waals surface area (Å²) in [6, 6.07) is 0. The maximum atomic E-state index is 2.45. The SMILES string of the molecule is CCCC(C)CCCCCC(C)=C(C)C(C)CC(CC)CCC. The Bertz CT molecular complexity index is 299. The number of hydrogen-bond donors (Lipinski definition) is 0. The molecule has 0 aliphatic carbocycles. The van der Waals surface area contributed by atoms with Crippen molar-refractivity contribution in [3.8, 4) is 0 Å². The molecule has 3 atom stereocenters. The van der Waals surface area contributed by atoms with Gasteiger partial charge in [-0.3, -0.25) is 0 Å². The monoisotopic (exact) mass is 322 g/mol. The van der Waals surface area contributed by atoms with Gasteiger partial charge in [-0.2, -0.15) is 0 Å². The summed E-state index contributed by atoms with van der Waals surface area (Å²) in [4.78, 5) is 0. The molecule has 0 aliphatic heterocycles. The molecule has 0 saturated heterocycles. The van der Waals surface area contributed by atoms with Crippen LogP contribution in [0.4, 0.5) is 0 Å². The third kappa shape index (κ3) is 11.0. The molecular weight excluding hydrogens is 276 g/mol. The smallest absolute Gasteiger partial charge is 0.0229 e. The minimum atomic E-state index is 0.774. The quantitative estimate of drug-likeness (QED) is 0.222. The lowest BCUT2D eigenvalue weighted by atomic mass is 9.84. The Labute approximate surface area is 148 Å². The van der Waals surface area contributed by atoms with Crippen LogP contribution in [0.25, 0.3) is 0 Å². The molecule has 0 N–H and O–H groups in total. The van der Waals surface area contributed by atoms with Gasteiger partial charge in [0, 0.05) is 0 Å². The number of hydrogen-bond acceptors (Lipinski definition) is 0. The summed E-state index contributed by atoms with van der Waals surface area (Å²) in [7, 11) is 0. The second kappa shape index (κ2) is 14.1. The highest BCUT2D eigenvalue weighted by Crippen LogP contribution is 2.28. The Morgan fingerprint density at radius 2 is 1.43 bits per heavy atom. The molecule has 0 nitrogen and oxygen atoms in total. The Kier molecular flexibility index (Phi) is 14.0. The van der Waals surface area contributed by atoms with Crippen LogP contribution in [0.2, 0.25) is 0 Å². The first-order valence-corrected chi connectivity index (χ1v) is 10.6. The fourth-order valence-corrected chi connectivity index (χ4v) is 3.89. The van der Waals surface area contributed by atoms with E-state index in [9.17, 15) is 0 Å². The van der Waals surface area contributed by atoms with Crippen molar-refractivity contribution in [3.05, 3.63) is 11.1 Å². The molecule has 0 heteroatoms. The van der Waals surface area contributed by atoms with Gasteiger partial charge in [-0.25, -0.2) is 0 Å². The van der Waals surface area contributed by atoms with Crippen LogP contribution in [-0.2, 0) is 0 Å². The Hall–Kier alpha value is -0.260. The molecule has 0 saturated carbocycles. The molecule has 0 radical (unpaired) electrons. The van der Waals surface area contributed by atoms with Crippen LogP contribution in [-0.4, -0.2) is 0 Å². The molecule has 0 aromatic heterocycles. The average molecular weight is 323 g/mol. The Morgan fingerprint density at radius 1 is 0.783 bits per heavy atom. The lowest BCUT2D eigenvalue weighted by Crippen LogP contribution is -2.08. The molecule has 138 valence electrons. The normalized spacial score (nSPS) is 16.8. The van der Waals surface area contributed by atoms with E-state index >= 15 is 0 Å². The molecule has 0 aliphatic rings. The van der Waals surface area contributed by atoms with Crippen molar-refractivity contribution in [1.82, 2.24) is 0 Å². The van der Waals surface area contributed by atoms with Crippen molar-refractivity contribution in [2.75, 3.05) is 0 Å². The van der Waals surface area contributed by atoms with E-state index in [1.54, 1.807) is 11.1 Å². The van der Waals surface area contributed by atoms with Gasteiger partial charge in [-0.05, 0) is 50.9 Å². The van der Waals surface area contributed by atoms with Crippen LogP contribution < -0.4 is 0 Å². The lowest BCUT2D eigenvalue weighted by Gasteiger charge is -2.22. The predicted octanol–water partition coefficient (Wildman–Crippen LogP) is 8.56. The van der Waals surface area contributed by atoms with Gasteiger partial charge in [0.05, 0.1) is 0 Å². The van der Waals surface area contributed by atoms with Crippen molar-refractivity contribution < 1.29 is 0 Å². The molecule has 23 heavy (non-hydrogen) atoms. The van der Waals surface area contributed by atoms with Crippen LogP contribution >= 0.6 is 0 Å². The van der Waals surface area contributed by atoms with E-state index in [2.05, 4.69) is 48.5 Å². The van der Waals surface area contributed by atoms with E-state index in [1.165, 1.54) is 70.6 Å². The van der Waals surface area contributed by atoms with Crippen LogP contribution in [0, 0.1) is 17.8 Å². The molecule has 0 aromatic rings. The van der Waals surface area contributed by atoms with E-state index in [0.29, 0.717) is 0 Å². The lowest BCUT2D eigenvalue weighted by molar-refractivity contribution is 0.381. The van der Waals surface area contributed by atoms with Crippen LogP contribution in [0.3, 0.4) is 0 Å². The highest BCUT2D eigenvalue weighted by molar-refractivity contribution is 5.12. The van der Waals surface area contributed by atoms with E-state index in [1.807, 2.05) is 0 Å². The molecule has 3 unspecified atom stereocenters. The van der Waals surface area contributed by atoms with Gasteiger partial charge in [0.1, 0.15) is 0 Å². The fraction of sp³-hybridized carbons (Fsp3) is 0.913. The van der Waals surface area contributed by atoms with Gasteiger partial charge in [-0.1, -0.05) is 97.1 Å². The topological polar surface area (TPSA) is 0 Å². The summed E-state index contributed by atoms with van der Waals surface area (Å²) in [5, 5.41) is 0. The van der Waals surface area contributed by atoms with Crippen LogP contribution in [0.15, 0.2) is 11.1 Å². The summed E-state index contributed by atoms with van der Waals surface area (Å²) in [6.45, 7) is 16.6. The maximum Gasteiger partial charge on any atom is -0.0229 e. The highest BCUT2D eigenvalue weighted by atomic mass is 14.2. The van der Waals surface area contributed by atoms with Gasteiger partial charge in [-0.15, -0.1) is 0 Å². The fourth-order valence-electron chi connectivity index (χ4n) is 3.89. The first kappa shape index (κ1) is 22.7. The van der Waals surface area contributed by atoms with E-state index in [-0.39, 0.29) is 0 Å². The Morgan fingerprint density at radius 3 is 2.00 bits per heavy atom. The number of allylic oxidation sites excluding steroid dienone is 2. The van der Waals surface area contributed by atoms with Crippen LogP contribution in [0.5, 0.6) is 0 Å². The van der Waals surface area contributed by atoms with E-state index in [0.717, 1.165) is 17.8 Å². The van der Waals surface area contributed by atoms with E-state index in [4.69, 9.17) is 0 Å². The van der Waals surface area contributed by atoms with Crippen molar-refractivity contribution in [1.29, 1.82) is 0 Å². The molecule has 0 spiro atoms. The van der Waals surface area contributed by atoms with Gasteiger partial charge in [0.2, 0.25) is 0 Å². The summed E-state index contributed by atoms with van der Waals surface area (Å²) < 4.78 is 0. The molecule has 0 heterocycles. The molecule has 0 rings (SSSR count). The Balaban J connectivity index is 4.08. The third-order valence-electron chi connectivity index (χ3n) is 5.90. The number of rotatable bonds is 14. The highest BCUT2D eigenvalue weighted by Gasteiger charge is 2.13. The molecule has 0 bridgehead atoms. The summed E-state index contributed by atoms with van der Waals surface area (Å²) in [5.74, 6) is 2.64. The predicted molar refractivity (Wildman–Crippen MR) is 108 cm³/mol. The van der Waals surface area contributed by atoms with Crippen molar-refractivity contribution >= 4 is 0 Å². The average Bonchev–Trinajstić information content (AvgIpc) is 2.53. The van der Waals surface area contributed by atoms with Gasteiger partial charge >= 0.3 is 0 Å². The first-order valence-electron chi connectivity index (χ1n) is 10.6. The minimum Gasteiger partial charge on any atom is -0.0741 e. The van der Waals surface area contributed by atoms with Crippen molar-refractivity contribution in [3.63, 3.8) is 0 Å². The van der Waals surface area contributed by atoms with Gasteiger partial charge < -0.3 is 0 Å². The van der Waals surface area contributed by atoms with Crippen molar-refractivity contribution in [2.24, 2.45) is 17.8 Å². The van der Waals surface area contributed by atoms with Crippen molar-refractivity contribution in [2.45, 2.75) is 119 Å². The second-order valence-electron chi connectivity index (χ2n) is 8.16. The maximum absolute atomic E-state index is 2.45. The molecule has 0 amide bonds. The zero-order chi connectivity index (χ0) is 17.7.